The first-order valence-corrected chi connectivity index (χ1v) is 8.78. The van der Waals surface area contributed by atoms with Gasteiger partial charge in [-0.15, -0.1) is 0 Å². The summed E-state index contributed by atoms with van der Waals surface area (Å²) < 4.78 is 5.46. The van der Waals surface area contributed by atoms with E-state index in [9.17, 15) is 4.79 Å². The molecule has 0 N–H and O–H groups in total. The van der Waals surface area contributed by atoms with Gasteiger partial charge in [0.1, 0.15) is 0 Å². The molecular formula is C19H26N2O2. The fourth-order valence-electron chi connectivity index (χ4n) is 4.27. The molecule has 4 nitrogen and oxygen atoms in total. The molecule has 4 rings (SSSR count). The molecule has 23 heavy (non-hydrogen) atoms. The molecule has 0 radical (unpaired) electrons. The molecule has 2 fully saturated rings. The van der Waals surface area contributed by atoms with Crippen molar-refractivity contribution in [1.29, 1.82) is 0 Å². The van der Waals surface area contributed by atoms with Crippen LogP contribution in [0.1, 0.15) is 36.0 Å². The van der Waals surface area contributed by atoms with Gasteiger partial charge in [0.25, 0.3) is 0 Å². The molecule has 1 aromatic rings. The van der Waals surface area contributed by atoms with Crippen LogP contribution in [0.25, 0.3) is 0 Å². The van der Waals surface area contributed by atoms with Crippen LogP contribution >= 0.6 is 0 Å². The van der Waals surface area contributed by atoms with Crippen molar-refractivity contribution in [2.75, 3.05) is 33.2 Å². The fraction of sp³-hybridized carbons (Fsp3) is 0.632. The zero-order valence-corrected chi connectivity index (χ0v) is 14.0. The van der Waals surface area contributed by atoms with Crippen LogP contribution in [0, 0.1) is 5.41 Å². The number of amides is 1. The van der Waals surface area contributed by atoms with Crippen LogP contribution < -0.4 is 0 Å². The maximum atomic E-state index is 12.7. The minimum Gasteiger partial charge on any atom is -0.372 e. The average Bonchev–Trinajstić information content (AvgIpc) is 3.17. The summed E-state index contributed by atoms with van der Waals surface area (Å²) in [6.45, 7) is 5.66. The third-order valence-corrected chi connectivity index (χ3v) is 5.98. The smallest absolute Gasteiger partial charge is 0.227 e. The van der Waals surface area contributed by atoms with Gasteiger partial charge < -0.3 is 14.5 Å². The van der Waals surface area contributed by atoms with Gasteiger partial charge in [0.2, 0.25) is 5.91 Å². The Bertz CT molecular complexity index is 605. The summed E-state index contributed by atoms with van der Waals surface area (Å²) in [6, 6.07) is 6.36. The molecule has 1 amide bonds. The molecule has 0 saturated carbocycles. The quantitative estimate of drug-likeness (QED) is 0.839. The molecular weight excluding hydrogens is 288 g/mol. The Morgan fingerprint density at radius 2 is 1.87 bits per heavy atom. The number of carbonyl (C=O) groups excluding carboxylic acids is 1. The van der Waals surface area contributed by atoms with Gasteiger partial charge in [-0.1, -0.05) is 18.2 Å². The van der Waals surface area contributed by atoms with Crippen molar-refractivity contribution in [2.24, 2.45) is 5.41 Å². The van der Waals surface area contributed by atoms with E-state index >= 15 is 0 Å². The normalized spacial score (nSPS) is 23.4. The molecule has 0 unspecified atom stereocenters. The van der Waals surface area contributed by atoms with Crippen LogP contribution in [0.3, 0.4) is 0 Å². The van der Waals surface area contributed by atoms with Crippen molar-refractivity contribution in [1.82, 2.24) is 9.80 Å². The largest absolute Gasteiger partial charge is 0.372 e. The van der Waals surface area contributed by atoms with Crippen LogP contribution in [0.2, 0.25) is 0 Å². The summed E-state index contributed by atoms with van der Waals surface area (Å²) in [5, 5.41) is 0. The van der Waals surface area contributed by atoms with Crippen molar-refractivity contribution < 1.29 is 9.53 Å². The predicted molar refractivity (Wildman–Crippen MR) is 89.0 cm³/mol. The minimum atomic E-state index is 0.291. The van der Waals surface area contributed by atoms with Crippen molar-refractivity contribution in [3.8, 4) is 0 Å². The van der Waals surface area contributed by atoms with Crippen molar-refractivity contribution in [2.45, 2.75) is 38.9 Å². The van der Waals surface area contributed by atoms with Gasteiger partial charge in [-0.25, -0.2) is 0 Å². The van der Waals surface area contributed by atoms with E-state index < -0.39 is 0 Å². The molecule has 2 saturated heterocycles. The highest BCUT2D eigenvalue weighted by molar-refractivity contribution is 5.79. The van der Waals surface area contributed by atoms with Gasteiger partial charge in [0.15, 0.2) is 0 Å². The molecule has 3 aliphatic heterocycles. The number of piperidine rings is 1. The lowest BCUT2D eigenvalue weighted by atomic mass is 9.78. The van der Waals surface area contributed by atoms with Gasteiger partial charge in [-0.05, 0) is 61.5 Å². The third kappa shape index (κ3) is 3.02. The van der Waals surface area contributed by atoms with E-state index in [-0.39, 0.29) is 0 Å². The number of ether oxygens (including phenoxy) is 1. The van der Waals surface area contributed by atoms with Gasteiger partial charge >= 0.3 is 0 Å². The van der Waals surface area contributed by atoms with E-state index in [2.05, 4.69) is 35.0 Å². The first-order valence-electron chi connectivity index (χ1n) is 8.78. The van der Waals surface area contributed by atoms with Crippen LogP contribution in [0.5, 0.6) is 0 Å². The lowest BCUT2D eigenvalue weighted by Gasteiger charge is -2.37. The molecule has 124 valence electrons. The second-order valence-corrected chi connectivity index (χ2v) is 7.64. The molecule has 1 spiro atoms. The highest BCUT2D eigenvalue weighted by atomic mass is 16.5. The number of hydrogen-bond acceptors (Lipinski definition) is 3. The van der Waals surface area contributed by atoms with E-state index in [0.29, 0.717) is 31.0 Å². The first kappa shape index (κ1) is 15.2. The molecule has 0 aliphatic carbocycles. The fourth-order valence-corrected chi connectivity index (χ4v) is 4.27. The molecule has 1 aromatic carbocycles. The second kappa shape index (κ2) is 5.91. The Kier molecular flexibility index (Phi) is 3.90. The topological polar surface area (TPSA) is 32.8 Å². The van der Waals surface area contributed by atoms with Gasteiger partial charge in [-0.2, -0.15) is 0 Å². The number of carbonyl (C=O) groups is 1. The Hall–Kier alpha value is -1.39. The molecule has 3 aliphatic rings. The van der Waals surface area contributed by atoms with E-state index in [1.54, 1.807) is 0 Å². The summed E-state index contributed by atoms with van der Waals surface area (Å²) in [7, 11) is 2.20. The number of fused-ring (bicyclic) bond motifs is 1. The Balaban J connectivity index is 1.38. The first-order chi connectivity index (χ1) is 11.1. The number of hydrogen-bond donors (Lipinski definition) is 0. The zero-order chi connectivity index (χ0) is 15.9. The monoisotopic (exact) mass is 314 g/mol. The van der Waals surface area contributed by atoms with Crippen molar-refractivity contribution >= 4 is 5.91 Å². The highest BCUT2D eigenvalue weighted by Gasteiger charge is 2.41. The van der Waals surface area contributed by atoms with E-state index in [1.807, 2.05) is 0 Å². The Morgan fingerprint density at radius 1 is 1.13 bits per heavy atom. The SMILES string of the molecule is CN1CCC2(CC1)CCN(C(=O)Cc1ccc3c(c1)COC3)C2. The molecule has 0 aromatic heterocycles. The maximum absolute atomic E-state index is 12.7. The molecule has 4 heteroatoms. The summed E-state index contributed by atoms with van der Waals surface area (Å²) in [6.07, 6.45) is 4.20. The molecule has 3 heterocycles. The van der Waals surface area contributed by atoms with Gasteiger partial charge in [0.05, 0.1) is 19.6 Å². The van der Waals surface area contributed by atoms with Crippen LogP contribution in [0.4, 0.5) is 0 Å². The van der Waals surface area contributed by atoms with E-state index in [0.717, 1.165) is 18.7 Å². The summed E-state index contributed by atoms with van der Waals surface area (Å²) in [4.78, 5) is 17.2. The lowest BCUT2D eigenvalue weighted by Crippen LogP contribution is -2.40. The summed E-state index contributed by atoms with van der Waals surface area (Å²) in [5.74, 6) is 0.291. The highest BCUT2D eigenvalue weighted by Crippen LogP contribution is 2.40. The molecule has 0 atom stereocenters. The van der Waals surface area contributed by atoms with Crippen molar-refractivity contribution in [3.63, 3.8) is 0 Å². The number of nitrogens with zero attached hydrogens (tertiary/aromatic N) is 2. The van der Waals surface area contributed by atoms with Crippen LogP contribution in [0.15, 0.2) is 18.2 Å². The summed E-state index contributed by atoms with van der Waals surface area (Å²) in [5.41, 5.74) is 4.05. The molecule has 0 bridgehead atoms. The van der Waals surface area contributed by atoms with Crippen LogP contribution in [-0.2, 0) is 29.2 Å². The number of likely N-dealkylation sites (tertiary alicyclic amines) is 2. The van der Waals surface area contributed by atoms with Crippen LogP contribution in [-0.4, -0.2) is 48.9 Å². The average molecular weight is 314 g/mol. The maximum Gasteiger partial charge on any atom is 0.227 e. The Morgan fingerprint density at radius 3 is 2.70 bits per heavy atom. The van der Waals surface area contributed by atoms with E-state index in [1.165, 1.54) is 43.5 Å². The third-order valence-electron chi connectivity index (χ3n) is 5.98. The Labute approximate surface area is 138 Å². The van der Waals surface area contributed by atoms with Gasteiger partial charge in [-0.3, -0.25) is 4.79 Å². The zero-order valence-electron chi connectivity index (χ0n) is 14.0. The standard InChI is InChI=1S/C19H26N2O2/c1-20-7-4-19(5-8-20)6-9-21(14-19)18(22)11-15-2-3-16-12-23-13-17(16)10-15/h2-3,10H,4-9,11-14H2,1H3. The number of benzene rings is 1. The summed E-state index contributed by atoms with van der Waals surface area (Å²) >= 11 is 0. The predicted octanol–water partition coefficient (Wildman–Crippen LogP) is 2.20. The minimum absolute atomic E-state index is 0.291. The van der Waals surface area contributed by atoms with E-state index in [4.69, 9.17) is 4.74 Å². The second-order valence-electron chi connectivity index (χ2n) is 7.64. The lowest BCUT2D eigenvalue weighted by molar-refractivity contribution is -0.130. The number of rotatable bonds is 2. The van der Waals surface area contributed by atoms with Crippen molar-refractivity contribution in [3.05, 3.63) is 34.9 Å². The van der Waals surface area contributed by atoms with Gasteiger partial charge in [0, 0.05) is 13.1 Å².